The van der Waals surface area contributed by atoms with Crippen LogP contribution in [0.25, 0.3) is 11.1 Å². The highest BCUT2D eigenvalue weighted by molar-refractivity contribution is 9.10. The summed E-state index contributed by atoms with van der Waals surface area (Å²) in [5.41, 5.74) is 14.2. The molecule has 0 heterocycles. The normalized spacial score (nSPS) is 16.6. The van der Waals surface area contributed by atoms with Gasteiger partial charge in [-0.2, -0.15) is 0 Å². The van der Waals surface area contributed by atoms with Crippen LogP contribution in [-0.4, -0.2) is 0 Å². The van der Waals surface area contributed by atoms with Crippen molar-refractivity contribution in [1.82, 2.24) is 0 Å². The molecule has 0 saturated heterocycles. The van der Waals surface area contributed by atoms with Gasteiger partial charge in [-0.3, -0.25) is 0 Å². The number of fused-ring (bicyclic) bond motifs is 5. The van der Waals surface area contributed by atoms with E-state index in [1.165, 1.54) is 85.8 Å². The van der Waals surface area contributed by atoms with Crippen LogP contribution in [0.1, 0.15) is 44.5 Å². The summed E-state index contributed by atoms with van der Waals surface area (Å²) in [5, 5.41) is 0. The minimum Gasteiger partial charge on any atom is -0.0619 e. The Kier molecular flexibility index (Phi) is 3.39. The standard InChI is InChI=1S/C29H21Br/c30-27-7-3-6-26-28(27)24-4-1-2-5-25(24)29(26,22-14-12-18-8-10-20(18)16-22)23-15-13-19-9-11-21(19)17-23/h1-7,12-17H,8-11H2. The van der Waals surface area contributed by atoms with E-state index in [1.54, 1.807) is 0 Å². The molecule has 3 aliphatic rings. The monoisotopic (exact) mass is 448 g/mol. The average Bonchev–Trinajstić information content (AvgIpc) is 3.03. The maximum absolute atomic E-state index is 3.89. The zero-order chi connectivity index (χ0) is 19.9. The van der Waals surface area contributed by atoms with E-state index in [1.807, 2.05) is 0 Å². The van der Waals surface area contributed by atoms with Crippen molar-refractivity contribution >= 4 is 15.9 Å². The number of hydrogen-bond acceptors (Lipinski definition) is 0. The fourth-order valence-electron chi connectivity index (χ4n) is 5.93. The van der Waals surface area contributed by atoms with Crippen LogP contribution in [0.15, 0.2) is 83.3 Å². The molecule has 0 amide bonds. The summed E-state index contributed by atoms with van der Waals surface area (Å²) < 4.78 is 1.18. The Hall–Kier alpha value is -2.64. The van der Waals surface area contributed by atoms with E-state index in [0.717, 1.165) is 0 Å². The molecular weight excluding hydrogens is 428 g/mol. The lowest BCUT2D eigenvalue weighted by Gasteiger charge is -2.36. The second-order valence-electron chi connectivity index (χ2n) is 8.92. The van der Waals surface area contributed by atoms with E-state index in [0.29, 0.717) is 0 Å². The molecule has 0 unspecified atom stereocenters. The molecule has 3 aliphatic carbocycles. The Morgan fingerprint density at radius 3 is 1.77 bits per heavy atom. The Morgan fingerprint density at radius 2 is 1.17 bits per heavy atom. The average molecular weight is 449 g/mol. The molecule has 0 bridgehead atoms. The Morgan fingerprint density at radius 1 is 0.567 bits per heavy atom. The van der Waals surface area contributed by atoms with Gasteiger partial charge in [0.05, 0.1) is 5.41 Å². The zero-order valence-corrected chi connectivity index (χ0v) is 18.3. The van der Waals surface area contributed by atoms with Gasteiger partial charge in [0.1, 0.15) is 0 Å². The third-order valence-electron chi connectivity index (χ3n) is 7.62. The zero-order valence-electron chi connectivity index (χ0n) is 16.7. The van der Waals surface area contributed by atoms with Crippen LogP contribution in [0.4, 0.5) is 0 Å². The summed E-state index contributed by atoms with van der Waals surface area (Å²) in [6, 6.07) is 30.3. The smallest absolute Gasteiger partial charge is 0.0619 e. The molecule has 4 aromatic rings. The maximum atomic E-state index is 3.89. The first-order valence-corrected chi connectivity index (χ1v) is 11.7. The lowest BCUT2D eigenvalue weighted by molar-refractivity contribution is 0.740. The molecule has 4 aromatic carbocycles. The first kappa shape index (κ1) is 17.1. The van der Waals surface area contributed by atoms with Gasteiger partial charge in [0.25, 0.3) is 0 Å². The molecule has 0 aromatic heterocycles. The van der Waals surface area contributed by atoms with Gasteiger partial charge >= 0.3 is 0 Å². The summed E-state index contributed by atoms with van der Waals surface area (Å²) in [6.45, 7) is 0. The number of halogens is 1. The van der Waals surface area contributed by atoms with Crippen molar-refractivity contribution < 1.29 is 0 Å². The van der Waals surface area contributed by atoms with Gasteiger partial charge in [0.2, 0.25) is 0 Å². The third-order valence-corrected chi connectivity index (χ3v) is 8.28. The van der Waals surface area contributed by atoms with Gasteiger partial charge < -0.3 is 0 Å². The molecule has 0 N–H and O–H groups in total. The third kappa shape index (κ3) is 2.02. The van der Waals surface area contributed by atoms with Crippen LogP contribution in [-0.2, 0) is 31.1 Å². The van der Waals surface area contributed by atoms with E-state index in [2.05, 4.69) is 94.8 Å². The van der Waals surface area contributed by atoms with Crippen molar-refractivity contribution in [1.29, 1.82) is 0 Å². The van der Waals surface area contributed by atoms with E-state index >= 15 is 0 Å². The molecule has 0 aliphatic heterocycles. The van der Waals surface area contributed by atoms with Crippen LogP contribution in [0.5, 0.6) is 0 Å². The maximum Gasteiger partial charge on any atom is 0.0714 e. The molecule has 1 heteroatoms. The summed E-state index contributed by atoms with van der Waals surface area (Å²) in [5.74, 6) is 0. The molecule has 0 nitrogen and oxygen atoms in total. The van der Waals surface area contributed by atoms with E-state index < -0.39 is 0 Å². The SMILES string of the molecule is Brc1cccc2c1-c1ccccc1C2(c1ccc2c(c1)CC2)c1ccc2c(c1)CC2. The Bertz CT molecular complexity index is 1310. The quantitative estimate of drug-likeness (QED) is 0.272. The van der Waals surface area contributed by atoms with Crippen molar-refractivity contribution in [3.63, 3.8) is 0 Å². The molecule has 0 spiro atoms. The minimum absolute atomic E-state index is 0.259. The van der Waals surface area contributed by atoms with Crippen LogP contribution in [0.3, 0.4) is 0 Å². The second kappa shape index (κ2) is 5.95. The number of hydrogen-bond donors (Lipinski definition) is 0. The molecule has 7 rings (SSSR count). The van der Waals surface area contributed by atoms with Gasteiger partial charge in [0, 0.05) is 10.0 Å². The topological polar surface area (TPSA) is 0 Å². The molecule has 144 valence electrons. The Labute approximate surface area is 185 Å². The van der Waals surface area contributed by atoms with Gasteiger partial charge in [-0.05, 0) is 81.8 Å². The molecule has 0 fully saturated rings. The highest BCUT2D eigenvalue weighted by Gasteiger charge is 2.47. The number of benzene rings is 4. The van der Waals surface area contributed by atoms with Crippen molar-refractivity contribution in [3.8, 4) is 11.1 Å². The molecular formula is C29H21Br. The molecule has 0 saturated carbocycles. The Balaban J connectivity index is 1.64. The highest BCUT2D eigenvalue weighted by atomic mass is 79.9. The summed E-state index contributed by atoms with van der Waals surface area (Å²) in [7, 11) is 0. The lowest BCUT2D eigenvalue weighted by atomic mass is 9.65. The van der Waals surface area contributed by atoms with Gasteiger partial charge in [0.15, 0.2) is 0 Å². The predicted octanol–water partition coefficient (Wildman–Crippen LogP) is 7.01. The van der Waals surface area contributed by atoms with Crippen LogP contribution >= 0.6 is 15.9 Å². The van der Waals surface area contributed by atoms with Crippen molar-refractivity contribution in [2.45, 2.75) is 31.1 Å². The van der Waals surface area contributed by atoms with E-state index in [-0.39, 0.29) is 5.41 Å². The molecule has 0 atom stereocenters. The van der Waals surface area contributed by atoms with Crippen LogP contribution in [0.2, 0.25) is 0 Å². The first-order valence-electron chi connectivity index (χ1n) is 10.9. The predicted molar refractivity (Wildman–Crippen MR) is 126 cm³/mol. The van der Waals surface area contributed by atoms with Crippen molar-refractivity contribution in [2.75, 3.05) is 0 Å². The van der Waals surface area contributed by atoms with Crippen molar-refractivity contribution in [2.24, 2.45) is 0 Å². The largest absolute Gasteiger partial charge is 0.0714 e. The number of aryl methyl sites for hydroxylation is 4. The summed E-state index contributed by atoms with van der Waals surface area (Å²) in [6.07, 6.45) is 4.85. The van der Waals surface area contributed by atoms with Gasteiger partial charge in [-0.1, -0.05) is 88.7 Å². The first-order chi connectivity index (χ1) is 14.8. The van der Waals surface area contributed by atoms with Gasteiger partial charge in [-0.25, -0.2) is 0 Å². The van der Waals surface area contributed by atoms with E-state index in [9.17, 15) is 0 Å². The second-order valence-corrected chi connectivity index (χ2v) is 9.78. The van der Waals surface area contributed by atoms with Crippen LogP contribution in [0, 0.1) is 0 Å². The fraction of sp³-hybridized carbons (Fsp3) is 0.172. The summed E-state index contributed by atoms with van der Waals surface area (Å²) in [4.78, 5) is 0. The molecule has 30 heavy (non-hydrogen) atoms. The minimum atomic E-state index is -0.259. The van der Waals surface area contributed by atoms with E-state index in [4.69, 9.17) is 0 Å². The number of rotatable bonds is 2. The highest BCUT2D eigenvalue weighted by Crippen LogP contribution is 2.58. The fourth-order valence-corrected chi connectivity index (χ4v) is 6.51. The van der Waals surface area contributed by atoms with Crippen LogP contribution < -0.4 is 0 Å². The summed E-state index contributed by atoms with van der Waals surface area (Å²) >= 11 is 3.89. The lowest BCUT2D eigenvalue weighted by Crippen LogP contribution is -2.30. The van der Waals surface area contributed by atoms with Gasteiger partial charge in [-0.15, -0.1) is 0 Å². The molecule has 0 radical (unpaired) electrons. The van der Waals surface area contributed by atoms with Crippen molar-refractivity contribution in [3.05, 3.63) is 128 Å².